The maximum absolute atomic E-state index is 14.6. The number of carbonyl (C=O) groups is 2. The molecule has 256 valence electrons. The van der Waals surface area contributed by atoms with Gasteiger partial charge in [-0.25, -0.2) is 13.2 Å². The molecule has 13 heteroatoms. The van der Waals surface area contributed by atoms with E-state index < -0.39 is 15.6 Å². The summed E-state index contributed by atoms with van der Waals surface area (Å²) >= 11 is 0. The standard InChI is InChI=1S/C35H44N6O6S/c1-37(2)30-11-10-28(26-7-5-6-8-27(26)30)31-20-25-22-39(21-24-9-12-32(46-3)29(19-24)36-48(4,44)45)23-35(25)33(42)40(34(43)41(31)35)14-13-38-15-17-47-18-16-38/h5-12,19,25,31,36H,13-18,20-23H2,1-4H3/t25-,31-,35?/m0/s1. The number of nitrogens with one attached hydrogen (secondary N) is 1. The lowest BCUT2D eigenvalue weighted by atomic mass is 9.87. The zero-order valence-corrected chi connectivity index (χ0v) is 28.8. The first-order valence-corrected chi connectivity index (χ1v) is 18.4. The zero-order valence-electron chi connectivity index (χ0n) is 28.0. The molecular weight excluding hydrogens is 632 g/mol. The van der Waals surface area contributed by atoms with Crippen LogP contribution in [0.3, 0.4) is 0 Å². The number of benzene rings is 3. The van der Waals surface area contributed by atoms with Crippen LogP contribution in [0.5, 0.6) is 5.75 Å². The monoisotopic (exact) mass is 676 g/mol. The highest BCUT2D eigenvalue weighted by molar-refractivity contribution is 7.92. The van der Waals surface area contributed by atoms with E-state index in [0.717, 1.165) is 46.9 Å². The summed E-state index contributed by atoms with van der Waals surface area (Å²) in [5, 5.41) is 2.21. The summed E-state index contributed by atoms with van der Waals surface area (Å²) in [4.78, 5) is 39.1. The van der Waals surface area contributed by atoms with Crippen LogP contribution in [0.2, 0.25) is 0 Å². The van der Waals surface area contributed by atoms with Gasteiger partial charge in [-0.05, 0) is 41.1 Å². The molecule has 12 nitrogen and oxygen atoms in total. The number of hydrogen-bond acceptors (Lipinski definition) is 9. The first-order chi connectivity index (χ1) is 23.0. The maximum atomic E-state index is 14.6. The fourth-order valence-corrected chi connectivity index (χ4v) is 8.88. The molecule has 1 spiro atoms. The van der Waals surface area contributed by atoms with Crippen molar-refractivity contribution in [3.63, 3.8) is 0 Å². The molecule has 4 aliphatic rings. The Balaban J connectivity index is 1.22. The molecule has 3 aromatic carbocycles. The van der Waals surface area contributed by atoms with E-state index in [1.54, 1.807) is 12.1 Å². The topological polar surface area (TPSA) is 115 Å². The molecule has 4 aliphatic heterocycles. The average Bonchev–Trinajstić information content (AvgIpc) is 3.63. The zero-order chi connectivity index (χ0) is 33.8. The number of hydrogen-bond donors (Lipinski definition) is 1. The van der Waals surface area contributed by atoms with Crippen LogP contribution in [-0.4, -0.2) is 125 Å². The fourth-order valence-electron chi connectivity index (χ4n) is 8.32. The third-order valence-electron chi connectivity index (χ3n) is 10.4. The van der Waals surface area contributed by atoms with Gasteiger partial charge in [0, 0.05) is 76.9 Å². The number of carbonyl (C=O) groups excluding carboxylic acids is 2. The molecule has 0 aromatic heterocycles. The van der Waals surface area contributed by atoms with Gasteiger partial charge in [0.25, 0.3) is 5.91 Å². The number of imide groups is 1. The Hall–Kier alpha value is -3.91. The molecule has 0 radical (unpaired) electrons. The molecule has 7 rings (SSSR count). The normalized spacial score (nSPS) is 24.8. The van der Waals surface area contributed by atoms with Gasteiger partial charge in [-0.15, -0.1) is 0 Å². The number of nitrogens with zero attached hydrogens (tertiary/aromatic N) is 5. The predicted molar refractivity (Wildman–Crippen MR) is 185 cm³/mol. The van der Waals surface area contributed by atoms with Crippen molar-refractivity contribution in [2.75, 3.05) is 89.6 Å². The molecule has 0 saturated carbocycles. The molecule has 48 heavy (non-hydrogen) atoms. The smallest absolute Gasteiger partial charge is 0.328 e. The number of morpholine rings is 1. The molecule has 0 bridgehead atoms. The van der Waals surface area contributed by atoms with Gasteiger partial charge < -0.3 is 19.3 Å². The van der Waals surface area contributed by atoms with Crippen molar-refractivity contribution in [3.05, 3.63) is 65.7 Å². The third-order valence-corrected chi connectivity index (χ3v) is 11.0. The van der Waals surface area contributed by atoms with E-state index in [-0.39, 0.29) is 23.9 Å². The number of amides is 3. The predicted octanol–water partition coefficient (Wildman–Crippen LogP) is 3.20. The number of ether oxygens (including phenoxy) is 2. The van der Waals surface area contributed by atoms with Crippen molar-refractivity contribution in [2.45, 2.75) is 24.5 Å². The van der Waals surface area contributed by atoms with Crippen LogP contribution in [0.1, 0.15) is 23.6 Å². The number of likely N-dealkylation sites (tertiary alicyclic amines) is 1. The van der Waals surface area contributed by atoms with Gasteiger partial charge in [-0.3, -0.25) is 24.2 Å². The van der Waals surface area contributed by atoms with Gasteiger partial charge >= 0.3 is 6.03 Å². The van der Waals surface area contributed by atoms with Crippen molar-refractivity contribution in [1.29, 1.82) is 0 Å². The maximum Gasteiger partial charge on any atom is 0.328 e. The minimum atomic E-state index is -3.52. The summed E-state index contributed by atoms with van der Waals surface area (Å²) in [7, 11) is 2.04. The molecule has 3 amide bonds. The van der Waals surface area contributed by atoms with Crippen LogP contribution in [0, 0.1) is 5.92 Å². The average molecular weight is 677 g/mol. The van der Waals surface area contributed by atoms with Crippen molar-refractivity contribution < 1.29 is 27.5 Å². The Kier molecular flexibility index (Phi) is 8.51. The minimum Gasteiger partial charge on any atom is -0.495 e. The van der Waals surface area contributed by atoms with Gasteiger partial charge in [0.1, 0.15) is 11.3 Å². The number of methoxy groups -OCH3 is 1. The van der Waals surface area contributed by atoms with E-state index >= 15 is 0 Å². The SMILES string of the molecule is COc1ccc(CN2C[C@@H]3C[C@@H](c4ccc(N(C)C)c5ccccc45)N4C(=O)N(CCN5CCOCC5)C(=O)C34C2)cc1NS(C)(=O)=O. The highest BCUT2D eigenvalue weighted by Gasteiger charge is 2.70. The Morgan fingerprint density at radius 3 is 2.46 bits per heavy atom. The quantitative estimate of drug-likeness (QED) is 0.324. The highest BCUT2D eigenvalue weighted by atomic mass is 32.2. The second-order valence-corrected chi connectivity index (χ2v) is 15.4. The summed E-state index contributed by atoms with van der Waals surface area (Å²) in [5.74, 6) is 0.251. The van der Waals surface area contributed by atoms with Crippen LogP contribution in [0.15, 0.2) is 54.6 Å². The lowest BCUT2D eigenvalue weighted by molar-refractivity contribution is -0.133. The van der Waals surface area contributed by atoms with Crippen LogP contribution >= 0.6 is 0 Å². The molecule has 1 unspecified atom stereocenters. The second kappa shape index (κ2) is 12.5. The van der Waals surface area contributed by atoms with Crippen molar-refractivity contribution in [1.82, 2.24) is 19.6 Å². The lowest BCUT2D eigenvalue weighted by Crippen LogP contribution is -2.51. The first kappa shape index (κ1) is 32.6. The largest absolute Gasteiger partial charge is 0.495 e. The number of sulfonamides is 1. The number of fused-ring (bicyclic) bond motifs is 1. The van der Waals surface area contributed by atoms with Crippen LogP contribution < -0.4 is 14.4 Å². The molecule has 3 aromatic rings. The summed E-state index contributed by atoms with van der Waals surface area (Å²) in [6.45, 7) is 5.37. The number of anilines is 2. The Bertz CT molecular complexity index is 1850. The number of rotatable bonds is 10. The second-order valence-electron chi connectivity index (χ2n) is 13.6. The first-order valence-electron chi connectivity index (χ1n) is 16.5. The Morgan fingerprint density at radius 2 is 1.75 bits per heavy atom. The summed E-state index contributed by atoms with van der Waals surface area (Å²) < 4.78 is 37.5. The number of urea groups is 1. The Labute approximate surface area is 282 Å². The van der Waals surface area contributed by atoms with Crippen LogP contribution in [-0.2, 0) is 26.1 Å². The van der Waals surface area contributed by atoms with Crippen molar-refractivity contribution >= 4 is 44.1 Å². The van der Waals surface area contributed by atoms with Gasteiger partial charge in [-0.1, -0.05) is 36.4 Å². The van der Waals surface area contributed by atoms with Crippen molar-refractivity contribution in [2.24, 2.45) is 5.92 Å². The molecule has 4 heterocycles. The summed E-state index contributed by atoms with van der Waals surface area (Å²) in [5.41, 5.74) is 2.45. The minimum absolute atomic E-state index is 0.0634. The van der Waals surface area contributed by atoms with Gasteiger partial charge in [0.2, 0.25) is 10.0 Å². The summed E-state index contributed by atoms with van der Waals surface area (Å²) in [6, 6.07) is 17.5. The van der Waals surface area contributed by atoms with Gasteiger partial charge in [0.15, 0.2) is 0 Å². The van der Waals surface area contributed by atoms with E-state index in [1.807, 2.05) is 37.2 Å². The molecule has 0 aliphatic carbocycles. The van der Waals surface area contributed by atoms with Gasteiger partial charge in [0.05, 0.1) is 38.3 Å². The third kappa shape index (κ3) is 5.66. The fraction of sp³-hybridized carbons (Fsp3) is 0.486. The van der Waals surface area contributed by atoms with E-state index in [9.17, 15) is 18.0 Å². The van der Waals surface area contributed by atoms with Gasteiger partial charge in [-0.2, -0.15) is 0 Å². The molecule has 4 fully saturated rings. The molecule has 1 N–H and O–H groups in total. The lowest BCUT2D eigenvalue weighted by Gasteiger charge is -2.33. The van der Waals surface area contributed by atoms with Crippen LogP contribution in [0.25, 0.3) is 10.8 Å². The van der Waals surface area contributed by atoms with E-state index in [4.69, 9.17) is 9.47 Å². The van der Waals surface area contributed by atoms with Crippen molar-refractivity contribution in [3.8, 4) is 5.75 Å². The van der Waals surface area contributed by atoms with Crippen LogP contribution in [0.4, 0.5) is 16.2 Å². The Morgan fingerprint density at radius 1 is 1.00 bits per heavy atom. The molecular formula is C35H44N6O6S. The highest BCUT2D eigenvalue weighted by Crippen LogP contribution is 2.56. The van der Waals surface area contributed by atoms with E-state index in [0.29, 0.717) is 63.8 Å². The van der Waals surface area contributed by atoms with E-state index in [1.165, 1.54) is 12.0 Å². The summed E-state index contributed by atoms with van der Waals surface area (Å²) in [6.07, 6.45) is 1.79. The molecule has 4 saturated heterocycles. The molecule has 3 atom stereocenters. The van der Waals surface area contributed by atoms with E-state index in [2.05, 4.69) is 43.7 Å².